The Hall–Kier alpha value is -1.88. The fraction of sp³-hybridized carbons (Fsp3) is 0.500. The number of piperidine rings is 1. The molecule has 0 aliphatic carbocycles. The molecule has 1 aromatic rings. The molecule has 0 atom stereocenters. The normalized spacial score (nSPS) is 20.3. The molecule has 0 bridgehead atoms. The minimum Gasteiger partial charge on any atom is -0.484 e. The van der Waals surface area contributed by atoms with Gasteiger partial charge in [-0.25, -0.2) is 4.39 Å². The molecule has 1 aromatic carbocycles. The van der Waals surface area contributed by atoms with Gasteiger partial charge in [0.1, 0.15) is 11.6 Å². The van der Waals surface area contributed by atoms with Gasteiger partial charge in [-0.2, -0.15) is 0 Å². The predicted octanol–water partition coefficient (Wildman–Crippen LogP) is 2.93. The second-order valence-electron chi connectivity index (χ2n) is 6.28. The van der Waals surface area contributed by atoms with Gasteiger partial charge in [0.05, 0.1) is 12.2 Å². The molecule has 1 spiro atoms. The molecule has 0 unspecified atom stereocenters. The van der Waals surface area contributed by atoms with Gasteiger partial charge >= 0.3 is 0 Å². The Balaban J connectivity index is 1.50. The molecule has 1 saturated heterocycles. The van der Waals surface area contributed by atoms with E-state index in [-0.39, 0.29) is 23.9 Å². The van der Waals surface area contributed by atoms with E-state index >= 15 is 0 Å². The van der Waals surface area contributed by atoms with Crippen LogP contribution in [0.3, 0.4) is 0 Å². The van der Waals surface area contributed by atoms with E-state index in [0.29, 0.717) is 18.8 Å². The van der Waals surface area contributed by atoms with E-state index in [4.69, 9.17) is 9.47 Å². The van der Waals surface area contributed by atoms with Gasteiger partial charge in [-0.15, -0.1) is 0 Å². The summed E-state index contributed by atoms with van der Waals surface area (Å²) in [6.07, 6.45) is 4.88. The van der Waals surface area contributed by atoms with Gasteiger partial charge in [-0.1, -0.05) is 11.6 Å². The van der Waals surface area contributed by atoms with Gasteiger partial charge < -0.3 is 14.4 Å². The highest BCUT2D eigenvalue weighted by Gasteiger charge is 2.36. The Bertz CT molecular complexity index is 589. The second kappa shape index (κ2) is 6.71. The molecule has 23 heavy (non-hydrogen) atoms. The van der Waals surface area contributed by atoms with Gasteiger partial charge in [0.15, 0.2) is 6.61 Å². The average Bonchev–Trinajstić information content (AvgIpc) is 2.54. The summed E-state index contributed by atoms with van der Waals surface area (Å²) in [6.45, 7) is 4.24. The van der Waals surface area contributed by atoms with E-state index in [1.807, 2.05) is 4.90 Å². The van der Waals surface area contributed by atoms with Gasteiger partial charge in [0.25, 0.3) is 5.91 Å². The number of rotatable bonds is 3. The number of nitrogens with zero attached hydrogens (tertiary/aromatic N) is 1. The van der Waals surface area contributed by atoms with Gasteiger partial charge in [0.2, 0.25) is 0 Å². The van der Waals surface area contributed by atoms with Crippen LogP contribution in [0.4, 0.5) is 4.39 Å². The minimum atomic E-state index is -0.319. The van der Waals surface area contributed by atoms with Crippen LogP contribution in [0.2, 0.25) is 0 Å². The zero-order valence-electron chi connectivity index (χ0n) is 13.4. The van der Waals surface area contributed by atoms with E-state index in [1.165, 1.54) is 29.8 Å². The number of amides is 1. The van der Waals surface area contributed by atoms with Crippen molar-refractivity contribution < 1.29 is 18.7 Å². The lowest BCUT2D eigenvalue weighted by atomic mass is 9.87. The van der Waals surface area contributed by atoms with E-state index in [1.54, 1.807) is 0 Å². The van der Waals surface area contributed by atoms with Crippen LogP contribution < -0.4 is 4.74 Å². The predicted molar refractivity (Wildman–Crippen MR) is 84.8 cm³/mol. The zero-order chi connectivity index (χ0) is 16.3. The third-order valence-electron chi connectivity index (χ3n) is 4.53. The molecule has 0 radical (unpaired) electrons. The van der Waals surface area contributed by atoms with Crippen molar-refractivity contribution in [1.29, 1.82) is 0 Å². The summed E-state index contributed by atoms with van der Waals surface area (Å²) in [5, 5.41) is 0. The second-order valence-corrected chi connectivity index (χ2v) is 6.28. The van der Waals surface area contributed by atoms with Gasteiger partial charge in [-0.05, 0) is 50.5 Å². The molecule has 2 aliphatic heterocycles. The summed E-state index contributed by atoms with van der Waals surface area (Å²) in [5.41, 5.74) is 1.19. The third kappa shape index (κ3) is 3.91. The Morgan fingerprint density at radius 2 is 2.00 bits per heavy atom. The topological polar surface area (TPSA) is 38.8 Å². The maximum absolute atomic E-state index is 12.8. The number of halogens is 1. The van der Waals surface area contributed by atoms with Crippen LogP contribution in [-0.4, -0.2) is 42.7 Å². The first-order chi connectivity index (χ1) is 11.1. The largest absolute Gasteiger partial charge is 0.484 e. The third-order valence-corrected chi connectivity index (χ3v) is 4.53. The van der Waals surface area contributed by atoms with Crippen molar-refractivity contribution in [3.63, 3.8) is 0 Å². The van der Waals surface area contributed by atoms with Crippen molar-refractivity contribution in [3.8, 4) is 5.75 Å². The summed E-state index contributed by atoms with van der Waals surface area (Å²) >= 11 is 0. The Labute approximate surface area is 135 Å². The lowest BCUT2D eigenvalue weighted by Crippen LogP contribution is -2.49. The first-order valence-corrected chi connectivity index (χ1v) is 8.05. The zero-order valence-corrected chi connectivity index (χ0v) is 13.4. The molecule has 2 aliphatic rings. The van der Waals surface area contributed by atoms with Crippen molar-refractivity contribution in [2.75, 3.05) is 26.3 Å². The summed E-state index contributed by atoms with van der Waals surface area (Å²) in [5.74, 6) is 0.143. The van der Waals surface area contributed by atoms with Crippen molar-refractivity contribution in [2.24, 2.45) is 0 Å². The molecule has 5 heteroatoms. The molecule has 1 fully saturated rings. The maximum Gasteiger partial charge on any atom is 0.260 e. The summed E-state index contributed by atoms with van der Waals surface area (Å²) in [4.78, 5) is 14.1. The monoisotopic (exact) mass is 319 g/mol. The number of likely N-dealkylation sites (tertiary alicyclic amines) is 1. The molecule has 0 N–H and O–H groups in total. The van der Waals surface area contributed by atoms with E-state index in [0.717, 1.165) is 25.9 Å². The first-order valence-electron chi connectivity index (χ1n) is 8.05. The fourth-order valence-electron chi connectivity index (χ4n) is 3.17. The van der Waals surface area contributed by atoms with Crippen LogP contribution in [0.15, 0.2) is 35.9 Å². The van der Waals surface area contributed by atoms with E-state index < -0.39 is 0 Å². The molecule has 3 rings (SSSR count). The molecule has 0 saturated carbocycles. The number of ether oxygens (including phenoxy) is 2. The van der Waals surface area contributed by atoms with Crippen LogP contribution in [0.25, 0.3) is 0 Å². The molecular formula is C18H22FNO3. The molecule has 124 valence electrons. The Kier molecular flexibility index (Phi) is 4.66. The highest BCUT2D eigenvalue weighted by Crippen LogP contribution is 2.32. The van der Waals surface area contributed by atoms with Crippen LogP contribution >= 0.6 is 0 Å². The smallest absolute Gasteiger partial charge is 0.260 e. The number of carbonyl (C=O) groups excluding carboxylic acids is 1. The van der Waals surface area contributed by atoms with Crippen LogP contribution in [0, 0.1) is 5.82 Å². The van der Waals surface area contributed by atoms with Gasteiger partial charge in [-0.3, -0.25) is 4.79 Å². The SMILES string of the molecule is CC1=CC2(CCN(C(=O)COc3ccc(F)cc3)CC2)OCC1. The van der Waals surface area contributed by atoms with Crippen molar-refractivity contribution in [3.05, 3.63) is 41.7 Å². The highest BCUT2D eigenvalue weighted by atomic mass is 19.1. The minimum absolute atomic E-state index is 0.0195. The maximum atomic E-state index is 12.8. The van der Waals surface area contributed by atoms with Crippen molar-refractivity contribution in [2.45, 2.75) is 31.8 Å². The number of benzene rings is 1. The molecule has 0 aromatic heterocycles. The lowest BCUT2D eigenvalue weighted by Gasteiger charge is -2.42. The van der Waals surface area contributed by atoms with Gasteiger partial charge in [0, 0.05) is 13.1 Å². The summed E-state index contributed by atoms with van der Waals surface area (Å²) in [7, 11) is 0. The Morgan fingerprint density at radius 3 is 2.65 bits per heavy atom. The number of carbonyl (C=O) groups is 1. The molecule has 1 amide bonds. The van der Waals surface area contributed by atoms with Crippen LogP contribution in [0.5, 0.6) is 5.75 Å². The van der Waals surface area contributed by atoms with Crippen molar-refractivity contribution >= 4 is 5.91 Å². The highest BCUT2D eigenvalue weighted by molar-refractivity contribution is 5.77. The fourth-order valence-corrected chi connectivity index (χ4v) is 3.17. The summed E-state index contributed by atoms with van der Waals surface area (Å²) in [6, 6.07) is 5.69. The molecule has 4 nitrogen and oxygen atoms in total. The van der Waals surface area contributed by atoms with E-state index in [2.05, 4.69) is 13.0 Å². The van der Waals surface area contributed by atoms with Crippen molar-refractivity contribution in [1.82, 2.24) is 4.90 Å². The van der Waals surface area contributed by atoms with Crippen LogP contribution in [-0.2, 0) is 9.53 Å². The molecular weight excluding hydrogens is 297 g/mol. The number of hydrogen-bond acceptors (Lipinski definition) is 3. The summed E-state index contributed by atoms with van der Waals surface area (Å²) < 4.78 is 24.2. The first kappa shape index (κ1) is 16.0. The Morgan fingerprint density at radius 1 is 1.30 bits per heavy atom. The lowest BCUT2D eigenvalue weighted by molar-refractivity contribution is -0.138. The van der Waals surface area contributed by atoms with E-state index in [9.17, 15) is 9.18 Å². The average molecular weight is 319 g/mol. The quantitative estimate of drug-likeness (QED) is 0.804. The van der Waals surface area contributed by atoms with Crippen LogP contribution in [0.1, 0.15) is 26.2 Å². The number of hydrogen-bond donors (Lipinski definition) is 0. The molecule has 2 heterocycles. The standard InChI is InChI=1S/C18H22FNO3/c1-14-6-11-23-18(12-14)7-9-20(10-8-18)17(21)13-22-16-4-2-15(19)3-5-16/h2-5,12H,6-11,13H2,1H3.